The molecule has 2 N–H and O–H groups in total. The fourth-order valence-electron chi connectivity index (χ4n) is 3.76. The molecule has 1 rings (SSSR count). The number of hydrogen-bond donors (Lipinski definition) is 2. The summed E-state index contributed by atoms with van der Waals surface area (Å²) < 4.78 is 0. The van der Waals surface area contributed by atoms with Crippen LogP contribution in [0.1, 0.15) is 117 Å². The molecular formula is C26H46O2. The fourth-order valence-corrected chi connectivity index (χ4v) is 3.76. The number of aromatic hydroxyl groups is 2. The molecule has 0 amide bonds. The van der Waals surface area contributed by atoms with E-state index in [0.29, 0.717) is 10.8 Å². The predicted molar refractivity (Wildman–Crippen MR) is 122 cm³/mol. The first-order valence-corrected chi connectivity index (χ1v) is 11.6. The largest absolute Gasteiger partial charge is 0.504 e. The summed E-state index contributed by atoms with van der Waals surface area (Å²) in [6, 6.07) is 3.66. The number of rotatable bonds is 13. The number of unbranched alkanes of at least 4 members (excludes halogenated alkanes) is 5. The highest BCUT2D eigenvalue weighted by Gasteiger charge is 2.15. The molecule has 0 spiro atoms. The van der Waals surface area contributed by atoms with Crippen molar-refractivity contribution in [3.63, 3.8) is 0 Å². The lowest BCUT2D eigenvalue weighted by molar-refractivity contribution is 0.307. The Labute approximate surface area is 174 Å². The summed E-state index contributed by atoms with van der Waals surface area (Å²) in [5.41, 5.74) is 3.07. The van der Waals surface area contributed by atoms with Crippen molar-refractivity contribution in [2.24, 2.45) is 10.8 Å². The minimum Gasteiger partial charge on any atom is -0.504 e. The van der Waals surface area contributed by atoms with Gasteiger partial charge in [-0.15, -0.1) is 0 Å². The summed E-state index contributed by atoms with van der Waals surface area (Å²) in [7, 11) is 0. The average molecular weight is 391 g/mol. The molecule has 0 saturated heterocycles. The summed E-state index contributed by atoms with van der Waals surface area (Å²) in [4.78, 5) is 0. The Hall–Kier alpha value is -1.18. The minimum absolute atomic E-state index is 0.0234. The summed E-state index contributed by atoms with van der Waals surface area (Å²) in [5.74, 6) is 0.133. The van der Waals surface area contributed by atoms with Crippen LogP contribution in [0.5, 0.6) is 11.5 Å². The maximum atomic E-state index is 10.4. The van der Waals surface area contributed by atoms with Crippen LogP contribution in [0.4, 0.5) is 0 Å². The van der Waals surface area contributed by atoms with Crippen molar-refractivity contribution in [3.8, 4) is 11.5 Å². The van der Waals surface area contributed by atoms with Gasteiger partial charge in [0.05, 0.1) is 0 Å². The van der Waals surface area contributed by atoms with Crippen molar-refractivity contribution in [2.45, 2.75) is 119 Å². The molecule has 0 aromatic heterocycles. The number of benzene rings is 1. The zero-order chi connectivity index (χ0) is 21.2. The van der Waals surface area contributed by atoms with E-state index in [1.807, 2.05) is 6.07 Å². The summed E-state index contributed by atoms with van der Waals surface area (Å²) in [6.45, 7) is 13.9. The first kappa shape index (κ1) is 24.9. The Morgan fingerprint density at radius 3 is 1.93 bits per heavy atom. The second kappa shape index (κ2) is 11.7. The van der Waals surface area contributed by atoms with E-state index in [-0.39, 0.29) is 11.5 Å². The van der Waals surface area contributed by atoms with Crippen LogP contribution in [0.15, 0.2) is 12.1 Å². The molecule has 162 valence electrons. The summed E-state index contributed by atoms with van der Waals surface area (Å²) >= 11 is 0. The smallest absolute Gasteiger partial charge is 0.160 e. The highest BCUT2D eigenvalue weighted by Crippen LogP contribution is 2.34. The zero-order valence-electron chi connectivity index (χ0n) is 19.5. The van der Waals surface area contributed by atoms with Crippen molar-refractivity contribution in [1.82, 2.24) is 0 Å². The number of phenolic OH excluding ortho intramolecular Hbond substituents is 2. The Balaban J connectivity index is 2.45. The van der Waals surface area contributed by atoms with Crippen molar-refractivity contribution in [1.29, 1.82) is 0 Å². The van der Waals surface area contributed by atoms with Gasteiger partial charge in [0.15, 0.2) is 11.5 Å². The van der Waals surface area contributed by atoms with E-state index in [0.717, 1.165) is 31.2 Å². The highest BCUT2D eigenvalue weighted by atomic mass is 16.3. The molecule has 2 heteroatoms. The van der Waals surface area contributed by atoms with E-state index in [2.05, 4.69) is 41.5 Å². The molecule has 28 heavy (non-hydrogen) atoms. The molecule has 0 unspecified atom stereocenters. The van der Waals surface area contributed by atoms with Gasteiger partial charge in [-0.3, -0.25) is 0 Å². The quantitative estimate of drug-likeness (QED) is 0.263. The van der Waals surface area contributed by atoms with Crippen LogP contribution in [0.25, 0.3) is 0 Å². The van der Waals surface area contributed by atoms with Crippen LogP contribution < -0.4 is 0 Å². The van der Waals surface area contributed by atoms with E-state index in [1.165, 1.54) is 56.9 Å². The first-order chi connectivity index (χ1) is 13.1. The lowest BCUT2D eigenvalue weighted by Gasteiger charge is -2.22. The third-order valence-electron chi connectivity index (χ3n) is 6.22. The molecule has 1 aromatic carbocycles. The van der Waals surface area contributed by atoms with Gasteiger partial charge in [-0.2, -0.15) is 0 Å². The number of aryl methyl sites for hydroxylation is 1. The molecule has 0 bridgehead atoms. The van der Waals surface area contributed by atoms with Gasteiger partial charge < -0.3 is 10.2 Å². The second-order valence-corrected chi connectivity index (χ2v) is 10.6. The molecule has 0 heterocycles. The molecule has 1 aromatic rings. The molecule has 0 aliphatic heterocycles. The van der Waals surface area contributed by atoms with Gasteiger partial charge in [-0.05, 0) is 61.0 Å². The van der Waals surface area contributed by atoms with Crippen LogP contribution in [0.3, 0.4) is 0 Å². The molecule has 0 radical (unpaired) electrons. The van der Waals surface area contributed by atoms with E-state index in [1.54, 1.807) is 6.07 Å². The van der Waals surface area contributed by atoms with Crippen molar-refractivity contribution < 1.29 is 10.2 Å². The van der Waals surface area contributed by atoms with Crippen LogP contribution >= 0.6 is 0 Å². The number of hydrogen-bond acceptors (Lipinski definition) is 2. The van der Waals surface area contributed by atoms with Gasteiger partial charge in [-0.25, -0.2) is 0 Å². The Morgan fingerprint density at radius 1 is 0.714 bits per heavy atom. The van der Waals surface area contributed by atoms with Crippen LogP contribution in [-0.4, -0.2) is 10.2 Å². The molecule has 2 nitrogen and oxygen atoms in total. The minimum atomic E-state index is 0.0234. The molecule has 0 aliphatic rings. The van der Waals surface area contributed by atoms with Gasteiger partial charge in [0.1, 0.15) is 0 Å². The van der Waals surface area contributed by atoms with E-state index in [9.17, 15) is 10.2 Å². The van der Waals surface area contributed by atoms with Gasteiger partial charge in [0.2, 0.25) is 0 Å². The third-order valence-corrected chi connectivity index (χ3v) is 6.22. The topological polar surface area (TPSA) is 40.5 Å². The van der Waals surface area contributed by atoms with Gasteiger partial charge in [0, 0.05) is 5.56 Å². The van der Waals surface area contributed by atoms with E-state index >= 15 is 0 Å². The molecule has 0 aliphatic carbocycles. The monoisotopic (exact) mass is 390 g/mol. The molecular weight excluding hydrogens is 344 g/mol. The van der Waals surface area contributed by atoms with Crippen LogP contribution in [-0.2, 0) is 12.8 Å². The normalized spacial score (nSPS) is 12.5. The van der Waals surface area contributed by atoms with Crippen molar-refractivity contribution in [3.05, 3.63) is 23.3 Å². The van der Waals surface area contributed by atoms with Gasteiger partial charge in [0.25, 0.3) is 0 Å². The third kappa shape index (κ3) is 9.85. The van der Waals surface area contributed by atoms with Crippen LogP contribution in [0, 0.1) is 10.8 Å². The number of phenols is 2. The lowest BCUT2D eigenvalue weighted by Crippen LogP contribution is -2.08. The first-order valence-electron chi connectivity index (χ1n) is 11.6. The highest BCUT2D eigenvalue weighted by molar-refractivity contribution is 5.49. The van der Waals surface area contributed by atoms with Gasteiger partial charge in [-0.1, -0.05) is 86.1 Å². The maximum absolute atomic E-state index is 10.4. The molecule has 0 atom stereocenters. The van der Waals surface area contributed by atoms with Gasteiger partial charge >= 0.3 is 0 Å². The fraction of sp³-hybridized carbons (Fsp3) is 0.769. The van der Waals surface area contributed by atoms with Crippen LogP contribution in [0.2, 0.25) is 0 Å². The predicted octanol–water partition coefficient (Wildman–Crippen LogP) is 8.18. The Morgan fingerprint density at radius 2 is 1.29 bits per heavy atom. The molecule has 0 fully saturated rings. The Kier molecular flexibility index (Phi) is 10.4. The second-order valence-electron chi connectivity index (χ2n) is 10.6. The maximum Gasteiger partial charge on any atom is 0.160 e. The van der Waals surface area contributed by atoms with E-state index in [4.69, 9.17) is 0 Å². The van der Waals surface area contributed by atoms with E-state index < -0.39 is 0 Å². The lowest BCUT2D eigenvalue weighted by atomic mass is 9.84. The summed E-state index contributed by atoms with van der Waals surface area (Å²) in [6.07, 6.45) is 14.1. The summed E-state index contributed by atoms with van der Waals surface area (Å²) in [5, 5.41) is 20.3. The Bertz CT molecular complexity index is 567. The van der Waals surface area contributed by atoms with Crippen molar-refractivity contribution >= 4 is 0 Å². The standard InChI is InChI=1S/C26H46O2/c1-7-26(5,6)20-14-9-8-11-15-21-17-18-23(27)24(28)22(21)16-12-10-13-19-25(2,3)4/h17-18,27-28H,7-16,19-20H2,1-6H3. The zero-order valence-corrected chi connectivity index (χ0v) is 19.5. The SMILES string of the molecule is CCC(C)(C)CCCCCCc1ccc(O)c(O)c1CCCCCC(C)(C)C. The van der Waals surface area contributed by atoms with Crippen molar-refractivity contribution in [2.75, 3.05) is 0 Å². The average Bonchev–Trinajstić information content (AvgIpc) is 2.61. The molecule has 0 saturated carbocycles.